The van der Waals surface area contributed by atoms with Gasteiger partial charge in [-0.15, -0.1) is 0 Å². The van der Waals surface area contributed by atoms with Crippen LogP contribution in [-0.4, -0.2) is 0 Å². The molecule has 0 saturated heterocycles. The van der Waals surface area contributed by atoms with Crippen molar-refractivity contribution in [1.82, 2.24) is 0 Å². The van der Waals surface area contributed by atoms with Crippen molar-refractivity contribution in [1.29, 1.82) is 0 Å². The monoisotopic (exact) mass is 430 g/mol. The van der Waals surface area contributed by atoms with Crippen LogP contribution in [0, 0.1) is 0 Å². The van der Waals surface area contributed by atoms with E-state index >= 15 is 0 Å². The Balaban J connectivity index is 1.78. The SMILES string of the molecule is Clc1c2c(c(-c3ccccc3)c3ccccc13)CCC2(c1ccccc1)c1ccccc1. The van der Waals surface area contributed by atoms with Crippen LogP contribution in [0.4, 0.5) is 0 Å². The number of hydrogen-bond acceptors (Lipinski definition) is 0. The molecule has 0 unspecified atom stereocenters. The zero-order valence-corrected chi connectivity index (χ0v) is 18.5. The molecule has 0 aliphatic heterocycles. The van der Waals surface area contributed by atoms with Crippen LogP contribution in [0.3, 0.4) is 0 Å². The largest absolute Gasteiger partial charge is 0.0833 e. The molecule has 5 aromatic rings. The molecule has 0 bridgehead atoms. The summed E-state index contributed by atoms with van der Waals surface area (Å²) in [6.45, 7) is 0. The van der Waals surface area contributed by atoms with Gasteiger partial charge in [-0.25, -0.2) is 0 Å². The van der Waals surface area contributed by atoms with E-state index in [9.17, 15) is 0 Å². The van der Waals surface area contributed by atoms with Crippen LogP contribution in [0.5, 0.6) is 0 Å². The van der Waals surface area contributed by atoms with Crippen molar-refractivity contribution < 1.29 is 0 Å². The molecule has 6 rings (SSSR count). The summed E-state index contributed by atoms with van der Waals surface area (Å²) >= 11 is 7.33. The van der Waals surface area contributed by atoms with Crippen molar-refractivity contribution in [3.8, 4) is 11.1 Å². The Hall–Kier alpha value is -3.35. The molecular weight excluding hydrogens is 408 g/mol. The summed E-state index contributed by atoms with van der Waals surface area (Å²) in [7, 11) is 0. The zero-order valence-electron chi connectivity index (χ0n) is 17.8. The first-order valence-corrected chi connectivity index (χ1v) is 11.6. The minimum absolute atomic E-state index is 0.261. The molecule has 0 heterocycles. The molecule has 0 spiro atoms. The van der Waals surface area contributed by atoms with E-state index < -0.39 is 0 Å². The van der Waals surface area contributed by atoms with Crippen LogP contribution < -0.4 is 0 Å². The standard InChI is InChI=1S/C31H23Cl/c32-30-26-19-11-10-18-25(26)28(22-12-4-1-5-13-22)27-20-21-31(29(27)30,23-14-6-2-7-15-23)24-16-8-3-9-17-24/h1-19H,20-21H2. The molecule has 32 heavy (non-hydrogen) atoms. The number of fused-ring (bicyclic) bond motifs is 2. The Morgan fingerprint density at radius 3 is 1.66 bits per heavy atom. The van der Waals surface area contributed by atoms with Gasteiger partial charge in [-0.2, -0.15) is 0 Å². The van der Waals surface area contributed by atoms with E-state index in [0.29, 0.717) is 0 Å². The second-order valence-electron chi connectivity index (χ2n) is 8.59. The molecule has 1 aliphatic rings. The summed E-state index contributed by atoms with van der Waals surface area (Å²) in [5, 5.41) is 3.25. The summed E-state index contributed by atoms with van der Waals surface area (Å²) in [6.07, 6.45) is 2.00. The predicted molar refractivity (Wildman–Crippen MR) is 135 cm³/mol. The first kappa shape index (κ1) is 19.3. The van der Waals surface area contributed by atoms with E-state index in [1.807, 2.05) is 0 Å². The number of rotatable bonds is 3. The highest BCUT2D eigenvalue weighted by molar-refractivity contribution is 6.37. The molecule has 0 aromatic heterocycles. The Labute approximate surface area is 194 Å². The van der Waals surface area contributed by atoms with Crippen molar-refractivity contribution in [2.24, 2.45) is 0 Å². The molecule has 0 nitrogen and oxygen atoms in total. The van der Waals surface area contributed by atoms with E-state index in [4.69, 9.17) is 11.6 Å². The maximum Gasteiger partial charge on any atom is 0.0532 e. The lowest BCUT2D eigenvalue weighted by Gasteiger charge is -2.33. The van der Waals surface area contributed by atoms with E-state index in [2.05, 4.69) is 115 Å². The van der Waals surface area contributed by atoms with Gasteiger partial charge in [0.1, 0.15) is 0 Å². The Bertz CT molecular complexity index is 1360. The van der Waals surface area contributed by atoms with E-state index in [1.54, 1.807) is 0 Å². The number of hydrogen-bond donors (Lipinski definition) is 0. The maximum absolute atomic E-state index is 7.33. The molecule has 0 fully saturated rings. The third-order valence-electron chi connectivity index (χ3n) is 7.03. The molecule has 0 saturated carbocycles. The molecule has 1 aliphatic carbocycles. The van der Waals surface area contributed by atoms with Crippen LogP contribution in [-0.2, 0) is 11.8 Å². The lowest BCUT2D eigenvalue weighted by molar-refractivity contribution is 0.611. The molecule has 0 radical (unpaired) electrons. The fourth-order valence-corrected chi connectivity index (χ4v) is 6.14. The molecule has 154 valence electrons. The summed E-state index contributed by atoms with van der Waals surface area (Å²) < 4.78 is 0. The molecule has 0 N–H and O–H groups in total. The molecule has 5 aromatic carbocycles. The molecule has 0 atom stereocenters. The second-order valence-corrected chi connectivity index (χ2v) is 8.97. The summed E-state index contributed by atoms with van der Waals surface area (Å²) in [4.78, 5) is 0. The van der Waals surface area contributed by atoms with Crippen LogP contribution in [0.1, 0.15) is 28.7 Å². The van der Waals surface area contributed by atoms with Crippen LogP contribution >= 0.6 is 11.6 Å². The zero-order chi connectivity index (χ0) is 21.5. The van der Waals surface area contributed by atoms with Gasteiger partial charge in [0.25, 0.3) is 0 Å². The average Bonchev–Trinajstić information content (AvgIpc) is 3.28. The van der Waals surface area contributed by atoms with Gasteiger partial charge < -0.3 is 0 Å². The first-order valence-electron chi connectivity index (χ1n) is 11.2. The maximum atomic E-state index is 7.33. The van der Waals surface area contributed by atoms with Crippen molar-refractivity contribution in [3.63, 3.8) is 0 Å². The van der Waals surface area contributed by atoms with E-state index in [0.717, 1.165) is 23.3 Å². The lowest BCUT2D eigenvalue weighted by Crippen LogP contribution is -2.27. The Kier molecular flexibility index (Phi) is 4.63. The second kappa shape index (κ2) is 7.65. The van der Waals surface area contributed by atoms with Crippen LogP contribution in [0.2, 0.25) is 5.02 Å². The highest BCUT2D eigenvalue weighted by Crippen LogP contribution is 2.56. The predicted octanol–water partition coefficient (Wildman–Crippen LogP) is 8.44. The van der Waals surface area contributed by atoms with Gasteiger partial charge in [-0.05, 0) is 51.6 Å². The van der Waals surface area contributed by atoms with Gasteiger partial charge in [0.2, 0.25) is 0 Å². The summed E-state index contributed by atoms with van der Waals surface area (Å²) in [6, 6.07) is 41.2. The minimum Gasteiger partial charge on any atom is -0.0833 e. The van der Waals surface area contributed by atoms with Crippen molar-refractivity contribution >= 4 is 22.4 Å². The quantitative estimate of drug-likeness (QED) is 0.269. The highest BCUT2D eigenvalue weighted by atomic mass is 35.5. The van der Waals surface area contributed by atoms with Crippen molar-refractivity contribution in [2.75, 3.05) is 0 Å². The van der Waals surface area contributed by atoms with Crippen LogP contribution in [0.15, 0.2) is 115 Å². The van der Waals surface area contributed by atoms with Gasteiger partial charge in [0, 0.05) is 10.8 Å². The van der Waals surface area contributed by atoms with Crippen molar-refractivity contribution in [3.05, 3.63) is 143 Å². The smallest absolute Gasteiger partial charge is 0.0532 e. The van der Waals surface area contributed by atoms with Gasteiger partial charge in [0.15, 0.2) is 0 Å². The lowest BCUT2D eigenvalue weighted by atomic mass is 9.69. The fourth-order valence-electron chi connectivity index (χ4n) is 5.70. The minimum atomic E-state index is -0.261. The third-order valence-corrected chi connectivity index (χ3v) is 7.42. The van der Waals surface area contributed by atoms with Gasteiger partial charge >= 0.3 is 0 Å². The molecule has 1 heteroatoms. The third kappa shape index (κ3) is 2.76. The topological polar surface area (TPSA) is 0 Å². The Morgan fingerprint density at radius 2 is 1.06 bits per heavy atom. The number of halogens is 1. The van der Waals surface area contributed by atoms with Gasteiger partial charge in [0.05, 0.1) is 5.02 Å². The first-order chi connectivity index (χ1) is 15.8. The van der Waals surface area contributed by atoms with Crippen LogP contribution in [0.25, 0.3) is 21.9 Å². The van der Waals surface area contributed by atoms with Gasteiger partial charge in [-0.3, -0.25) is 0 Å². The average molecular weight is 431 g/mol. The van der Waals surface area contributed by atoms with Gasteiger partial charge in [-0.1, -0.05) is 127 Å². The van der Waals surface area contributed by atoms with E-state index in [1.165, 1.54) is 38.8 Å². The molecular formula is C31H23Cl. The number of benzene rings is 5. The highest BCUT2D eigenvalue weighted by Gasteiger charge is 2.45. The summed E-state index contributed by atoms with van der Waals surface area (Å²) in [5.41, 5.74) is 7.59. The summed E-state index contributed by atoms with van der Waals surface area (Å²) in [5.74, 6) is 0. The van der Waals surface area contributed by atoms with Crippen molar-refractivity contribution in [2.45, 2.75) is 18.3 Å². The van der Waals surface area contributed by atoms with E-state index in [-0.39, 0.29) is 5.41 Å². The normalized spacial score (nSPS) is 14.4. The molecule has 0 amide bonds. The Morgan fingerprint density at radius 1 is 0.562 bits per heavy atom. The fraction of sp³-hybridized carbons (Fsp3) is 0.0968.